The van der Waals surface area contributed by atoms with Gasteiger partial charge in [-0.25, -0.2) is 4.79 Å². The molecule has 0 bridgehead atoms. The van der Waals surface area contributed by atoms with Crippen LogP contribution >= 0.6 is 23.2 Å². The quantitative estimate of drug-likeness (QED) is 0.369. The van der Waals surface area contributed by atoms with E-state index in [1.807, 2.05) is 0 Å². The van der Waals surface area contributed by atoms with Crippen LogP contribution in [0.2, 0.25) is 10.0 Å². The summed E-state index contributed by atoms with van der Waals surface area (Å²) in [6, 6.07) is 10.4. The van der Waals surface area contributed by atoms with Crippen LogP contribution in [0.25, 0.3) is 6.08 Å². The molecule has 0 unspecified atom stereocenters. The maximum atomic E-state index is 11.8. The van der Waals surface area contributed by atoms with Gasteiger partial charge < -0.3 is 18.9 Å². The van der Waals surface area contributed by atoms with Gasteiger partial charge in [-0.05, 0) is 24.3 Å². The Kier molecular flexibility index (Phi) is 7.63. The van der Waals surface area contributed by atoms with Crippen molar-refractivity contribution in [3.05, 3.63) is 58.1 Å². The zero-order valence-corrected chi connectivity index (χ0v) is 15.8. The fraction of sp³-hybridized carbons (Fsp3) is 0.211. The van der Waals surface area contributed by atoms with E-state index in [1.54, 1.807) is 49.6 Å². The molecule has 2 rings (SSSR count). The lowest BCUT2D eigenvalue weighted by atomic mass is 10.1. The fourth-order valence-electron chi connectivity index (χ4n) is 2.16. The Balaban J connectivity index is 1.87. The lowest BCUT2D eigenvalue weighted by Crippen LogP contribution is -2.10. The van der Waals surface area contributed by atoms with E-state index in [0.29, 0.717) is 32.9 Å². The molecule has 0 saturated heterocycles. The fourth-order valence-corrected chi connectivity index (χ4v) is 2.66. The van der Waals surface area contributed by atoms with Crippen LogP contribution in [0.5, 0.6) is 17.2 Å². The second kappa shape index (κ2) is 9.94. The van der Waals surface area contributed by atoms with Crippen LogP contribution in [-0.2, 0) is 9.53 Å². The third-order valence-electron chi connectivity index (χ3n) is 3.33. The molecular formula is C19H18Cl2O5. The summed E-state index contributed by atoms with van der Waals surface area (Å²) in [7, 11) is 3.08. The van der Waals surface area contributed by atoms with Gasteiger partial charge in [-0.15, -0.1) is 0 Å². The van der Waals surface area contributed by atoms with Crippen LogP contribution in [0.3, 0.4) is 0 Å². The van der Waals surface area contributed by atoms with E-state index in [9.17, 15) is 4.79 Å². The normalized spacial score (nSPS) is 10.6. The maximum Gasteiger partial charge on any atom is 0.330 e. The first-order chi connectivity index (χ1) is 12.6. The van der Waals surface area contributed by atoms with Crippen LogP contribution in [0.15, 0.2) is 42.5 Å². The lowest BCUT2D eigenvalue weighted by Gasteiger charge is -2.10. The topological polar surface area (TPSA) is 54.0 Å². The molecule has 0 fully saturated rings. The number of ether oxygens (including phenoxy) is 4. The molecular weight excluding hydrogens is 379 g/mol. The predicted octanol–water partition coefficient (Wildman–Crippen LogP) is 4.65. The molecule has 0 aliphatic heterocycles. The van der Waals surface area contributed by atoms with Crippen molar-refractivity contribution >= 4 is 35.2 Å². The average molecular weight is 397 g/mol. The van der Waals surface area contributed by atoms with Crippen molar-refractivity contribution in [3.63, 3.8) is 0 Å². The number of halogens is 2. The van der Waals surface area contributed by atoms with Gasteiger partial charge in [0.15, 0.2) is 17.2 Å². The first-order valence-electron chi connectivity index (χ1n) is 7.69. The Morgan fingerprint density at radius 1 is 0.962 bits per heavy atom. The van der Waals surface area contributed by atoms with Gasteiger partial charge in [0.25, 0.3) is 0 Å². The zero-order valence-electron chi connectivity index (χ0n) is 14.3. The van der Waals surface area contributed by atoms with Gasteiger partial charge >= 0.3 is 5.97 Å². The van der Waals surface area contributed by atoms with E-state index >= 15 is 0 Å². The number of esters is 1. The van der Waals surface area contributed by atoms with Gasteiger partial charge in [0, 0.05) is 11.6 Å². The molecule has 2 aromatic carbocycles. The monoisotopic (exact) mass is 396 g/mol. The number of para-hydroxylation sites is 2. The summed E-state index contributed by atoms with van der Waals surface area (Å²) < 4.78 is 21.0. The van der Waals surface area contributed by atoms with Crippen LogP contribution in [-0.4, -0.2) is 33.4 Å². The zero-order chi connectivity index (χ0) is 18.9. The minimum Gasteiger partial charge on any atom is -0.493 e. The van der Waals surface area contributed by atoms with Crippen molar-refractivity contribution in [2.24, 2.45) is 0 Å². The second-order valence-corrected chi connectivity index (χ2v) is 5.80. The highest BCUT2D eigenvalue weighted by Gasteiger charge is 2.08. The summed E-state index contributed by atoms with van der Waals surface area (Å²) in [5.74, 6) is 0.969. The van der Waals surface area contributed by atoms with E-state index in [-0.39, 0.29) is 13.2 Å². The van der Waals surface area contributed by atoms with E-state index in [4.69, 9.17) is 42.1 Å². The number of carbonyl (C=O) groups excluding carboxylic acids is 1. The number of methoxy groups -OCH3 is 2. The first-order valence-corrected chi connectivity index (χ1v) is 8.45. The third kappa shape index (κ3) is 5.31. The van der Waals surface area contributed by atoms with Gasteiger partial charge in [0.05, 0.1) is 24.3 Å². The Morgan fingerprint density at radius 2 is 1.65 bits per heavy atom. The van der Waals surface area contributed by atoms with Gasteiger partial charge in [0.2, 0.25) is 0 Å². The molecule has 2 aromatic rings. The standard InChI is InChI=1S/C19H18Cl2O5/c1-23-16-8-3-5-13(18(16)24-2)9-10-17(22)25-11-12-26-19-14(20)6-4-7-15(19)21/h3-10H,11-12H2,1-2H3/b10-9+. The van der Waals surface area contributed by atoms with Crippen molar-refractivity contribution in [1.29, 1.82) is 0 Å². The van der Waals surface area contributed by atoms with E-state index < -0.39 is 5.97 Å². The molecule has 0 aliphatic rings. The summed E-state index contributed by atoms with van der Waals surface area (Å²) in [6.07, 6.45) is 2.90. The van der Waals surface area contributed by atoms with E-state index in [2.05, 4.69) is 0 Å². The molecule has 0 aliphatic carbocycles. The Hall–Kier alpha value is -2.37. The van der Waals surface area contributed by atoms with Gasteiger partial charge in [-0.2, -0.15) is 0 Å². The molecule has 0 radical (unpaired) electrons. The molecule has 7 heteroatoms. The summed E-state index contributed by atoms with van der Waals surface area (Å²) >= 11 is 12.0. The van der Waals surface area contributed by atoms with E-state index in [0.717, 1.165) is 0 Å². The van der Waals surface area contributed by atoms with Gasteiger partial charge in [-0.3, -0.25) is 0 Å². The second-order valence-electron chi connectivity index (χ2n) is 4.98. The van der Waals surface area contributed by atoms with E-state index in [1.165, 1.54) is 13.2 Å². The van der Waals surface area contributed by atoms with Crippen LogP contribution in [0, 0.1) is 0 Å². The van der Waals surface area contributed by atoms with Crippen molar-refractivity contribution in [2.45, 2.75) is 0 Å². The third-order valence-corrected chi connectivity index (χ3v) is 3.92. The lowest BCUT2D eigenvalue weighted by molar-refractivity contribution is -0.138. The Bertz CT molecular complexity index is 769. The SMILES string of the molecule is COc1cccc(/C=C/C(=O)OCCOc2c(Cl)cccc2Cl)c1OC. The molecule has 0 N–H and O–H groups in total. The molecule has 0 atom stereocenters. The predicted molar refractivity (Wildman–Crippen MR) is 101 cm³/mol. The molecule has 0 aromatic heterocycles. The summed E-state index contributed by atoms with van der Waals surface area (Å²) in [5, 5.41) is 0.794. The highest BCUT2D eigenvalue weighted by atomic mass is 35.5. The number of hydrogen-bond acceptors (Lipinski definition) is 5. The van der Waals surface area contributed by atoms with Crippen molar-refractivity contribution in [3.8, 4) is 17.2 Å². The maximum absolute atomic E-state index is 11.8. The smallest absolute Gasteiger partial charge is 0.330 e. The van der Waals surface area contributed by atoms with Crippen molar-refractivity contribution in [1.82, 2.24) is 0 Å². The van der Waals surface area contributed by atoms with Crippen molar-refractivity contribution < 1.29 is 23.7 Å². The number of carbonyl (C=O) groups is 1. The van der Waals surface area contributed by atoms with Crippen LogP contribution in [0.4, 0.5) is 0 Å². The van der Waals surface area contributed by atoms with Gasteiger partial charge in [-0.1, -0.05) is 41.4 Å². The minimum absolute atomic E-state index is 0.0555. The number of hydrogen-bond donors (Lipinski definition) is 0. The number of rotatable bonds is 8. The highest BCUT2D eigenvalue weighted by Crippen LogP contribution is 2.32. The van der Waals surface area contributed by atoms with Crippen LogP contribution < -0.4 is 14.2 Å². The molecule has 5 nitrogen and oxygen atoms in total. The number of benzene rings is 2. The molecule has 138 valence electrons. The molecule has 0 amide bonds. The average Bonchev–Trinajstić information content (AvgIpc) is 2.64. The first kappa shape index (κ1) is 19.9. The Labute approximate surface area is 162 Å². The van der Waals surface area contributed by atoms with Gasteiger partial charge in [0.1, 0.15) is 13.2 Å². The minimum atomic E-state index is -0.510. The Morgan fingerprint density at radius 3 is 2.31 bits per heavy atom. The molecule has 26 heavy (non-hydrogen) atoms. The van der Waals surface area contributed by atoms with Crippen LogP contribution in [0.1, 0.15) is 5.56 Å². The summed E-state index contributed by atoms with van der Waals surface area (Å²) in [4.78, 5) is 11.8. The highest BCUT2D eigenvalue weighted by molar-refractivity contribution is 6.37. The summed E-state index contributed by atoms with van der Waals surface area (Å²) in [6.45, 7) is 0.186. The molecule has 0 saturated carbocycles. The van der Waals surface area contributed by atoms with Crippen molar-refractivity contribution in [2.75, 3.05) is 27.4 Å². The largest absolute Gasteiger partial charge is 0.493 e. The molecule has 0 heterocycles. The molecule has 0 spiro atoms. The summed E-state index contributed by atoms with van der Waals surface area (Å²) in [5.41, 5.74) is 0.697.